The first-order chi connectivity index (χ1) is 11.2. The van der Waals surface area contributed by atoms with Gasteiger partial charge in [0.15, 0.2) is 5.69 Å². The van der Waals surface area contributed by atoms with Gasteiger partial charge >= 0.3 is 12.1 Å². The lowest BCUT2D eigenvalue weighted by Crippen LogP contribution is -2.41. The maximum atomic E-state index is 13.6. The molecule has 0 spiro atoms. The van der Waals surface area contributed by atoms with E-state index in [4.69, 9.17) is 9.47 Å². The van der Waals surface area contributed by atoms with Crippen LogP contribution in [0.2, 0.25) is 0 Å². The number of esters is 1. The van der Waals surface area contributed by atoms with Crippen molar-refractivity contribution >= 4 is 12.1 Å². The average Bonchev–Trinajstić information content (AvgIpc) is 2.52. The number of nitrogens with zero attached hydrogens (tertiary/aromatic N) is 2. The molecule has 0 radical (unpaired) electrons. The number of likely N-dealkylation sites (tertiary alicyclic amines) is 1. The number of amides is 1. The molecule has 1 aliphatic heterocycles. The molecule has 7 heteroatoms. The second-order valence-corrected chi connectivity index (χ2v) is 6.82. The van der Waals surface area contributed by atoms with Crippen LogP contribution in [0.25, 0.3) is 0 Å². The molecule has 24 heavy (non-hydrogen) atoms. The second kappa shape index (κ2) is 7.15. The molecule has 0 atom stereocenters. The largest absolute Gasteiger partial charge is 0.464 e. The van der Waals surface area contributed by atoms with Gasteiger partial charge < -0.3 is 14.4 Å². The first-order valence-electron chi connectivity index (χ1n) is 7.93. The van der Waals surface area contributed by atoms with Gasteiger partial charge in [0.25, 0.3) is 0 Å². The standard InChI is InChI=1S/C17H23FN2O4/c1-17(2,3)24-16(22)20-7-5-11(6-8-20)13-9-12(18)10-19-14(13)15(21)23-4/h9-11H,5-8H2,1-4H3. The Morgan fingerprint density at radius 3 is 2.46 bits per heavy atom. The fourth-order valence-electron chi connectivity index (χ4n) is 2.73. The zero-order chi connectivity index (χ0) is 17.9. The van der Waals surface area contributed by atoms with Crippen LogP contribution in [0.3, 0.4) is 0 Å². The minimum atomic E-state index is -0.584. The number of pyridine rings is 1. The van der Waals surface area contributed by atoms with Gasteiger partial charge in [0, 0.05) is 13.1 Å². The molecule has 132 valence electrons. The van der Waals surface area contributed by atoms with Gasteiger partial charge in [0.2, 0.25) is 0 Å². The van der Waals surface area contributed by atoms with Crippen molar-refractivity contribution in [2.45, 2.75) is 45.1 Å². The highest BCUT2D eigenvalue weighted by Crippen LogP contribution is 2.31. The third kappa shape index (κ3) is 4.43. The maximum absolute atomic E-state index is 13.6. The van der Waals surface area contributed by atoms with Gasteiger partial charge in [0.1, 0.15) is 11.4 Å². The molecule has 0 aliphatic carbocycles. The molecular weight excluding hydrogens is 315 g/mol. The van der Waals surface area contributed by atoms with Crippen LogP contribution in [0.15, 0.2) is 12.3 Å². The van der Waals surface area contributed by atoms with Crippen molar-refractivity contribution in [3.05, 3.63) is 29.3 Å². The van der Waals surface area contributed by atoms with Crippen molar-refractivity contribution in [2.24, 2.45) is 0 Å². The lowest BCUT2D eigenvalue weighted by molar-refractivity contribution is 0.0203. The second-order valence-electron chi connectivity index (χ2n) is 6.82. The molecule has 1 aliphatic rings. The summed E-state index contributed by atoms with van der Waals surface area (Å²) in [5, 5.41) is 0. The van der Waals surface area contributed by atoms with Gasteiger partial charge in [-0.3, -0.25) is 0 Å². The third-order valence-electron chi connectivity index (χ3n) is 3.85. The predicted molar refractivity (Wildman–Crippen MR) is 85.3 cm³/mol. The molecular formula is C17H23FN2O4. The summed E-state index contributed by atoms with van der Waals surface area (Å²) < 4.78 is 23.6. The van der Waals surface area contributed by atoms with E-state index in [1.165, 1.54) is 13.2 Å². The third-order valence-corrected chi connectivity index (χ3v) is 3.85. The van der Waals surface area contributed by atoms with Crippen LogP contribution in [-0.4, -0.2) is 47.7 Å². The number of aromatic nitrogens is 1. The first-order valence-corrected chi connectivity index (χ1v) is 7.93. The van der Waals surface area contributed by atoms with E-state index < -0.39 is 17.4 Å². The van der Waals surface area contributed by atoms with Crippen LogP contribution in [0.5, 0.6) is 0 Å². The van der Waals surface area contributed by atoms with E-state index in [-0.39, 0.29) is 17.7 Å². The molecule has 1 aromatic rings. The number of ether oxygens (including phenoxy) is 2. The highest BCUT2D eigenvalue weighted by molar-refractivity contribution is 5.89. The Labute approximate surface area is 141 Å². The van der Waals surface area contributed by atoms with Gasteiger partial charge in [-0.05, 0) is 51.2 Å². The van der Waals surface area contributed by atoms with Crippen LogP contribution in [-0.2, 0) is 9.47 Å². The van der Waals surface area contributed by atoms with Gasteiger partial charge in [-0.1, -0.05) is 0 Å². The Balaban J connectivity index is 2.08. The lowest BCUT2D eigenvalue weighted by atomic mass is 9.88. The summed E-state index contributed by atoms with van der Waals surface area (Å²) in [6.45, 7) is 6.42. The molecule has 0 unspecified atom stereocenters. The van der Waals surface area contributed by atoms with Crippen LogP contribution in [0.1, 0.15) is 55.6 Å². The van der Waals surface area contributed by atoms with E-state index >= 15 is 0 Å². The summed E-state index contributed by atoms with van der Waals surface area (Å²) in [4.78, 5) is 29.4. The van der Waals surface area contributed by atoms with E-state index in [1.807, 2.05) is 20.8 Å². The number of carbonyl (C=O) groups excluding carboxylic acids is 2. The van der Waals surface area contributed by atoms with Crippen LogP contribution >= 0.6 is 0 Å². The van der Waals surface area contributed by atoms with Crippen molar-refractivity contribution in [3.8, 4) is 0 Å². The maximum Gasteiger partial charge on any atom is 0.410 e. The number of halogens is 1. The number of hydrogen-bond donors (Lipinski definition) is 0. The summed E-state index contributed by atoms with van der Waals surface area (Å²) in [6, 6.07) is 1.33. The van der Waals surface area contributed by atoms with Gasteiger partial charge in [-0.15, -0.1) is 0 Å². The number of rotatable bonds is 2. The molecule has 1 fully saturated rings. The monoisotopic (exact) mass is 338 g/mol. The van der Waals surface area contributed by atoms with Gasteiger partial charge in [0.05, 0.1) is 13.3 Å². The van der Waals surface area contributed by atoms with Crippen molar-refractivity contribution in [2.75, 3.05) is 20.2 Å². The topological polar surface area (TPSA) is 68.7 Å². The van der Waals surface area contributed by atoms with Crippen molar-refractivity contribution in [1.29, 1.82) is 0 Å². The average molecular weight is 338 g/mol. The zero-order valence-electron chi connectivity index (χ0n) is 14.5. The molecule has 2 rings (SSSR count). The van der Waals surface area contributed by atoms with E-state index in [2.05, 4.69) is 4.98 Å². The number of methoxy groups -OCH3 is 1. The van der Waals surface area contributed by atoms with Crippen LogP contribution in [0.4, 0.5) is 9.18 Å². The minimum absolute atomic E-state index is 0.0546. The fraction of sp³-hybridized carbons (Fsp3) is 0.588. The van der Waals surface area contributed by atoms with Crippen LogP contribution in [0, 0.1) is 5.82 Å². The number of hydrogen-bond acceptors (Lipinski definition) is 5. The van der Waals surface area contributed by atoms with Crippen molar-refractivity contribution in [1.82, 2.24) is 9.88 Å². The molecule has 2 heterocycles. The smallest absolute Gasteiger partial charge is 0.410 e. The Morgan fingerprint density at radius 1 is 1.29 bits per heavy atom. The molecule has 1 aromatic heterocycles. The normalized spacial score (nSPS) is 16.0. The Kier molecular flexibility index (Phi) is 5.41. The Bertz CT molecular complexity index is 620. The molecule has 1 amide bonds. The minimum Gasteiger partial charge on any atom is -0.464 e. The predicted octanol–water partition coefficient (Wildman–Crippen LogP) is 3.12. The molecule has 6 nitrogen and oxygen atoms in total. The summed E-state index contributed by atoms with van der Waals surface area (Å²) in [5.41, 5.74) is 0.124. The Hall–Kier alpha value is -2.18. The summed E-state index contributed by atoms with van der Waals surface area (Å²) in [6.07, 6.45) is 1.86. The SMILES string of the molecule is COC(=O)c1ncc(F)cc1C1CCN(C(=O)OC(C)(C)C)CC1. The lowest BCUT2D eigenvalue weighted by Gasteiger charge is -2.33. The van der Waals surface area contributed by atoms with Crippen molar-refractivity contribution < 1.29 is 23.5 Å². The van der Waals surface area contributed by atoms with Crippen LogP contribution < -0.4 is 0 Å². The fourth-order valence-corrected chi connectivity index (χ4v) is 2.73. The molecule has 0 aromatic carbocycles. The van der Waals surface area contributed by atoms with Gasteiger partial charge in [-0.25, -0.2) is 19.0 Å². The van der Waals surface area contributed by atoms with E-state index in [1.54, 1.807) is 4.90 Å². The van der Waals surface area contributed by atoms with E-state index in [0.717, 1.165) is 6.20 Å². The molecule has 0 N–H and O–H groups in total. The van der Waals surface area contributed by atoms with Gasteiger partial charge in [-0.2, -0.15) is 0 Å². The summed E-state index contributed by atoms with van der Waals surface area (Å²) >= 11 is 0. The quantitative estimate of drug-likeness (QED) is 0.775. The highest BCUT2D eigenvalue weighted by atomic mass is 19.1. The molecule has 0 bridgehead atoms. The number of carbonyl (C=O) groups is 2. The molecule has 0 saturated carbocycles. The Morgan fingerprint density at radius 2 is 1.92 bits per heavy atom. The highest BCUT2D eigenvalue weighted by Gasteiger charge is 2.30. The number of piperidine rings is 1. The van der Waals surface area contributed by atoms with E-state index in [9.17, 15) is 14.0 Å². The van der Waals surface area contributed by atoms with E-state index in [0.29, 0.717) is 31.5 Å². The van der Waals surface area contributed by atoms with Crippen molar-refractivity contribution in [3.63, 3.8) is 0 Å². The molecule has 1 saturated heterocycles. The zero-order valence-corrected chi connectivity index (χ0v) is 14.5. The summed E-state index contributed by atoms with van der Waals surface area (Å²) in [5.74, 6) is -1.13. The first kappa shape index (κ1) is 18.2. The summed E-state index contributed by atoms with van der Waals surface area (Å²) in [7, 11) is 1.27.